The van der Waals surface area contributed by atoms with Crippen LogP contribution in [0.25, 0.3) is 0 Å². The maximum Gasteiger partial charge on any atom is 0.327 e. The van der Waals surface area contributed by atoms with Crippen LogP contribution < -0.4 is 26.6 Å². The second-order valence-corrected chi connectivity index (χ2v) is 15.3. The first kappa shape index (κ1) is 42.1. The number of amides is 8. The lowest BCUT2D eigenvalue weighted by Crippen LogP contribution is -2.54. The van der Waals surface area contributed by atoms with Crippen LogP contribution in [0.1, 0.15) is 83.5 Å². The van der Waals surface area contributed by atoms with Gasteiger partial charge in [0, 0.05) is 49.8 Å². The van der Waals surface area contributed by atoms with Crippen LogP contribution in [0.15, 0.2) is 91.0 Å². The third-order valence-electron chi connectivity index (χ3n) is 11.1. The summed E-state index contributed by atoms with van der Waals surface area (Å²) in [7, 11) is 1.77. The molecule has 2 aliphatic rings. The fourth-order valence-corrected chi connectivity index (χ4v) is 7.94. The van der Waals surface area contributed by atoms with E-state index >= 15 is 0 Å². The molecule has 12 heteroatoms. The van der Waals surface area contributed by atoms with Gasteiger partial charge in [-0.05, 0) is 93.9 Å². The van der Waals surface area contributed by atoms with Gasteiger partial charge in [-0.15, -0.1) is 0 Å². The smallest absolute Gasteiger partial charge is 0.327 e. The minimum atomic E-state index is -0.648. The molecule has 5 N–H and O–H groups in total. The molecule has 3 aromatic rings. The molecule has 5 rings (SSSR count). The van der Waals surface area contributed by atoms with Gasteiger partial charge in [0.2, 0.25) is 0 Å². The highest BCUT2D eigenvalue weighted by Crippen LogP contribution is 2.28. The number of carbonyl (C=O) groups is 4. The van der Waals surface area contributed by atoms with Crippen LogP contribution in [0.4, 0.5) is 36.2 Å². The van der Waals surface area contributed by atoms with E-state index < -0.39 is 12.1 Å². The van der Waals surface area contributed by atoms with Crippen molar-refractivity contribution in [3.63, 3.8) is 0 Å². The van der Waals surface area contributed by atoms with Gasteiger partial charge in [-0.1, -0.05) is 99.5 Å². The molecule has 1 aliphatic heterocycles. The summed E-state index contributed by atoms with van der Waals surface area (Å²) in [6, 6.07) is 25.8. The molecule has 56 heavy (non-hydrogen) atoms. The molecule has 1 saturated heterocycles. The Morgan fingerprint density at radius 2 is 1.29 bits per heavy atom. The summed E-state index contributed by atoms with van der Waals surface area (Å²) in [5, 5.41) is 13.9. The molecular formula is C44H62N8O4. The average molecular weight is 767 g/mol. The van der Waals surface area contributed by atoms with Gasteiger partial charge >= 0.3 is 24.1 Å². The number of para-hydroxylation sites is 3. The van der Waals surface area contributed by atoms with Gasteiger partial charge in [0.25, 0.3) is 0 Å². The summed E-state index contributed by atoms with van der Waals surface area (Å²) in [4.78, 5) is 58.9. The number of likely N-dealkylation sites (tertiary alicyclic amines) is 1. The summed E-state index contributed by atoms with van der Waals surface area (Å²) < 4.78 is 0. The second kappa shape index (κ2) is 23.1. The number of rotatable bonds is 18. The molecule has 1 saturated carbocycles. The van der Waals surface area contributed by atoms with E-state index in [1.807, 2.05) is 71.6 Å². The summed E-state index contributed by atoms with van der Waals surface area (Å²) in [6.45, 7) is 3.22. The van der Waals surface area contributed by atoms with Crippen LogP contribution in [0.5, 0.6) is 0 Å². The van der Waals surface area contributed by atoms with E-state index in [0.717, 1.165) is 44.0 Å². The van der Waals surface area contributed by atoms with Crippen molar-refractivity contribution in [2.24, 2.45) is 5.92 Å². The molecule has 0 radical (unpaired) electrons. The maximum absolute atomic E-state index is 14.3. The number of imide groups is 1. The molecule has 8 amide bonds. The number of nitrogens with zero attached hydrogens (tertiary/aromatic N) is 3. The van der Waals surface area contributed by atoms with Crippen LogP contribution >= 0.6 is 0 Å². The summed E-state index contributed by atoms with van der Waals surface area (Å²) >= 11 is 0. The third kappa shape index (κ3) is 14.5. The quantitative estimate of drug-likeness (QED) is 0.0824. The number of urea groups is 4. The van der Waals surface area contributed by atoms with Gasteiger partial charge in [0.1, 0.15) is 0 Å². The fourth-order valence-electron chi connectivity index (χ4n) is 7.94. The highest BCUT2D eigenvalue weighted by molar-refractivity contribution is 6.00. The normalized spacial score (nSPS) is 16.3. The van der Waals surface area contributed by atoms with Crippen LogP contribution in [0.2, 0.25) is 0 Å². The molecule has 1 heterocycles. The van der Waals surface area contributed by atoms with Crippen molar-refractivity contribution in [3.8, 4) is 0 Å². The summed E-state index contributed by atoms with van der Waals surface area (Å²) in [5.74, 6) is 0.878. The molecule has 0 unspecified atom stereocenters. The van der Waals surface area contributed by atoms with E-state index in [9.17, 15) is 19.2 Å². The number of nitrogens with one attached hydrogen (secondary N) is 5. The van der Waals surface area contributed by atoms with Crippen LogP contribution in [-0.2, 0) is 0 Å². The lowest BCUT2D eigenvalue weighted by molar-refractivity contribution is 0.142. The minimum absolute atomic E-state index is 0.144. The van der Waals surface area contributed by atoms with Crippen molar-refractivity contribution in [2.45, 2.75) is 95.6 Å². The zero-order valence-electron chi connectivity index (χ0n) is 33.1. The van der Waals surface area contributed by atoms with E-state index in [1.165, 1.54) is 44.9 Å². The third-order valence-corrected chi connectivity index (χ3v) is 11.1. The predicted molar refractivity (Wildman–Crippen MR) is 225 cm³/mol. The lowest BCUT2D eigenvalue weighted by atomic mass is 9.86. The molecule has 2 atom stereocenters. The van der Waals surface area contributed by atoms with Gasteiger partial charge in [0.05, 0.1) is 6.04 Å². The van der Waals surface area contributed by atoms with Crippen molar-refractivity contribution in [3.05, 3.63) is 91.0 Å². The van der Waals surface area contributed by atoms with Crippen molar-refractivity contribution in [1.29, 1.82) is 0 Å². The van der Waals surface area contributed by atoms with Crippen molar-refractivity contribution in [2.75, 3.05) is 55.7 Å². The number of hydrogen-bond donors (Lipinski definition) is 5. The Hall–Kier alpha value is -5.10. The SMILES string of the molecule is CN(CCCC[C@H](CNC(=O)NC(=O)Nc1ccccc1)N(C[C@H]1CCCN1CCCCC1CCCCC1)C(=O)Nc1ccccc1)C(=O)Nc1ccccc1. The van der Waals surface area contributed by atoms with Crippen LogP contribution in [0.3, 0.4) is 0 Å². The number of anilines is 3. The fraction of sp³-hybridized carbons (Fsp3) is 0.500. The molecule has 302 valence electrons. The second-order valence-electron chi connectivity index (χ2n) is 15.3. The minimum Gasteiger partial charge on any atom is -0.336 e. The first-order valence-corrected chi connectivity index (χ1v) is 20.7. The van der Waals surface area contributed by atoms with E-state index in [-0.39, 0.29) is 30.7 Å². The number of carbonyl (C=O) groups excluding carboxylic acids is 4. The first-order chi connectivity index (χ1) is 27.3. The Balaban J connectivity index is 1.24. The van der Waals surface area contributed by atoms with E-state index in [2.05, 4.69) is 31.5 Å². The zero-order chi connectivity index (χ0) is 39.4. The molecular weight excluding hydrogens is 705 g/mol. The lowest BCUT2D eigenvalue weighted by Gasteiger charge is -2.36. The molecule has 0 bridgehead atoms. The Labute approximate surface area is 333 Å². The molecule has 1 aliphatic carbocycles. The van der Waals surface area contributed by atoms with Crippen molar-refractivity contribution in [1.82, 2.24) is 25.3 Å². The summed E-state index contributed by atoms with van der Waals surface area (Å²) in [6.07, 6.45) is 14.7. The topological polar surface area (TPSA) is 138 Å². The molecule has 12 nitrogen and oxygen atoms in total. The van der Waals surface area contributed by atoms with Crippen LogP contribution in [0, 0.1) is 5.92 Å². The van der Waals surface area contributed by atoms with Gasteiger partial charge < -0.3 is 31.1 Å². The van der Waals surface area contributed by atoms with E-state index in [4.69, 9.17) is 0 Å². The highest BCUT2D eigenvalue weighted by atomic mass is 16.2. The Morgan fingerprint density at radius 3 is 1.93 bits per heavy atom. The molecule has 0 spiro atoms. The maximum atomic E-state index is 14.3. The van der Waals surface area contributed by atoms with Gasteiger partial charge in [0.15, 0.2) is 0 Å². The van der Waals surface area contributed by atoms with Crippen LogP contribution in [-0.4, -0.2) is 90.7 Å². The molecule has 3 aromatic carbocycles. The Bertz CT molecular complexity index is 1620. The van der Waals surface area contributed by atoms with Gasteiger partial charge in [-0.3, -0.25) is 10.2 Å². The van der Waals surface area contributed by atoms with Crippen molar-refractivity contribution >= 4 is 41.2 Å². The summed E-state index contributed by atoms with van der Waals surface area (Å²) in [5.41, 5.74) is 2.00. The van der Waals surface area contributed by atoms with Crippen molar-refractivity contribution < 1.29 is 19.2 Å². The highest BCUT2D eigenvalue weighted by Gasteiger charge is 2.32. The molecule has 2 fully saturated rings. The Morgan fingerprint density at radius 1 is 0.679 bits per heavy atom. The first-order valence-electron chi connectivity index (χ1n) is 20.7. The number of benzene rings is 3. The standard InChI is InChI=1S/C44H62N8O4/c1-50(43(55)47-37-24-10-4-11-25-37)30-16-15-28-39(33-45-41(53)49-42(54)46-36-22-8-3-9-23-36)52(44(56)48-38-26-12-5-13-27-38)34-40-29-18-32-51(40)31-17-14-21-35-19-6-2-7-20-35/h3-5,8-13,22-27,35,39-40H,2,6-7,14-21,28-34H2,1H3,(H,47,55)(H,48,56)(H3,45,46,49,53,54)/t39-,40-/m1/s1. The van der Waals surface area contributed by atoms with E-state index in [1.54, 1.807) is 36.2 Å². The predicted octanol–water partition coefficient (Wildman–Crippen LogP) is 8.97. The average Bonchev–Trinajstić information content (AvgIpc) is 3.66. The van der Waals surface area contributed by atoms with E-state index in [0.29, 0.717) is 43.7 Å². The monoisotopic (exact) mass is 766 g/mol. The zero-order valence-corrected chi connectivity index (χ0v) is 33.1. The number of unbranched alkanes of at least 4 members (excludes halogenated alkanes) is 2. The molecule has 0 aromatic heterocycles. The largest absolute Gasteiger partial charge is 0.336 e. The van der Waals surface area contributed by atoms with Gasteiger partial charge in [-0.25, -0.2) is 19.2 Å². The Kier molecular flexibility index (Phi) is 17.3. The van der Waals surface area contributed by atoms with Gasteiger partial charge in [-0.2, -0.15) is 0 Å². The number of hydrogen-bond acceptors (Lipinski definition) is 5.